The number of amides is 1. The summed E-state index contributed by atoms with van der Waals surface area (Å²) in [5.74, 6) is -1.19. The molecule has 2 heterocycles. The Morgan fingerprint density at radius 2 is 2.38 bits per heavy atom. The molecule has 0 bridgehead atoms. The number of ether oxygens (including phenoxy) is 1. The molecule has 0 radical (unpaired) electrons. The Kier molecular flexibility index (Phi) is 5.10. The minimum Gasteiger partial charge on any atom is -0.478 e. The predicted molar refractivity (Wildman–Crippen MR) is 76.5 cm³/mol. The summed E-state index contributed by atoms with van der Waals surface area (Å²) in [6, 6.07) is 0.904. The van der Waals surface area contributed by atoms with E-state index < -0.39 is 12.0 Å². The van der Waals surface area contributed by atoms with Crippen molar-refractivity contribution < 1.29 is 19.4 Å². The first kappa shape index (κ1) is 15.2. The van der Waals surface area contributed by atoms with E-state index in [4.69, 9.17) is 4.74 Å². The van der Waals surface area contributed by atoms with Crippen molar-refractivity contribution in [2.75, 3.05) is 31.2 Å². The minimum absolute atomic E-state index is 0.139. The van der Waals surface area contributed by atoms with Crippen LogP contribution in [0, 0.1) is 0 Å². The van der Waals surface area contributed by atoms with E-state index >= 15 is 0 Å². The van der Waals surface area contributed by atoms with E-state index in [1.807, 2.05) is 6.92 Å². The summed E-state index contributed by atoms with van der Waals surface area (Å²) in [6.45, 7) is 3.70. The van der Waals surface area contributed by atoms with Gasteiger partial charge in [0.2, 0.25) is 5.91 Å². The number of aromatic carboxylic acids is 1. The Labute approximate surface area is 122 Å². The molecule has 2 rings (SSSR count). The van der Waals surface area contributed by atoms with E-state index in [-0.39, 0.29) is 18.1 Å². The molecule has 7 heteroatoms. The lowest BCUT2D eigenvalue weighted by molar-refractivity contribution is -0.124. The molecule has 1 fully saturated rings. The lowest BCUT2D eigenvalue weighted by atomic mass is 10.1. The van der Waals surface area contributed by atoms with Gasteiger partial charge in [0.1, 0.15) is 6.04 Å². The van der Waals surface area contributed by atoms with E-state index in [2.05, 4.69) is 10.3 Å². The summed E-state index contributed by atoms with van der Waals surface area (Å²) in [6.07, 6.45) is 3.75. The van der Waals surface area contributed by atoms with Gasteiger partial charge in [0, 0.05) is 19.3 Å². The second kappa shape index (κ2) is 7.03. The molecule has 0 aliphatic carbocycles. The van der Waals surface area contributed by atoms with Crippen molar-refractivity contribution in [1.82, 2.24) is 10.3 Å². The molecule has 1 aliphatic heterocycles. The number of rotatable bonds is 5. The zero-order valence-corrected chi connectivity index (χ0v) is 11.9. The van der Waals surface area contributed by atoms with Crippen LogP contribution < -0.4 is 10.2 Å². The van der Waals surface area contributed by atoms with Crippen LogP contribution in [0.2, 0.25) is 0 Å². The smallest absolute Gasteiger partial charge is 0.337 e. The van der Waals surface area contributed by atoms with Gasteiger partial charge >= 0.3 is 5.97 Å². The highest BCUT2D eigenvalue weighted by Gasteiger charge is 2.31. The number of hydrogen-bond acceptors (Lipinski definition) is 5. The maximum atomic E-state index is 12.2. The molecule has 1 saturated heterocycles. The van der Waals surface area contributed by atoms with Crippen LogP contribution in [0.1, 0.15) is 23.7 Å². The highest BCUT2D eigenvalue weighted by atomic mass is 16.5. The van der Waals surface area contributed by atoms with Crippen LogP contribution in [0.3, 0.4) is 0 Å². The van der Waals surface area contributed by atoms with E-state index in [1.54, 1.807) is 4.90 Å². The fourth-order valence-corrected chi connectivity index (χ4v) is 2.27. The Hall–Kier alpha value is -2.15. The molecule has 1 aromatic heterocycles. The van der Waals surface area contributed by atoms with Gasteiger partial charge in [-0.05, 0) is 12.5 Å². The third-order valence-corrected chi connectivity index (χ3v) is 3.32. The van der Waals surface area contributed by atoms with E-state index in [0.29, 0.717) is 25.4 Å². The van der Waals surface area contributed by atoms with Crippen molar-refractivity contribution in [2.24, 2.45) is 0 Å². The molecule has 0 aromatic carbocycles. The van der Waals surface area contributed by atoms with Gasteiger partial charge < -0.3 is 20.1 Å². The van der Waals surface area contributed by atoms with Crippen molar-refractivity contribution in [3.8, 4) is 0 Å². The van der Waals surface area contributed by atoms with Crippen molar-refractivity contribution in [1.29, 1.82) is 0 Å². The van der Waals surface area contributed by atoms with Gasteiger partial charge in [-0.15, -0.1) is 0 Å². The summed E-state index contributed by atoms with van der Waals surface area (Å²) in [5, 5.41) is 12.1. The maximum Gasteiger partial charge on any atom is 0.337 e. The van der Waals surface area contributed by atoms with Gasteiger partial charge in [-0.25, -0.2) is 4.79 Å². The van der Waals surface area contributed by atoms with Crippen molar-refractivity contribution in [3.05, 3.63) is 24.0 Å². The molecule has 1 atom stereocenters. The highest BCUT2D eigenvalue weighted by Crippen LogP contribution is 2.23. The molecule has 7 nitrogen and oxygen atoms in total. The number of morpholine rings is 1. The van der Waals surface area contributed by atoms with E-state index in [1.165, 1.54) is 18.5 Å². The lowest BCUT2D eigenvalue weighted by Crippen LogP contribution is -2.54. The highest BCUT2D eigenvalue weighted by molar-refractivity contribution is 5.95. The van der Waals surface area contributed by atoms with Crippen molar-refractivity contribution in [2.45, 2.75) is 19.4 Å². The number of hydrogen-bond donors (Lipinski definition) is 2. The molecule has 1 aliphatic rings. The Bertz CT molecular complexity index is 521. The van der Waals surface area contributed by atoms with E-state index in [9.17, 15) is 14.7 Å². The van der Waals surface area contributed by atoms with Gasteiger partial charge in [0.25, 0.3) is 0 Å². The minimum atomic E-state index is -1.04. The molecule has 1 unspecified atom stereocenters. The standard InChI is InChI=1S/C14H19N3O4/c1-2-4-16-13(18)12-9-21-7-6-17(12)11-8-15-5-3-10(11)14(19)20/h3,5,8,12H,2,4,6-7,9H2,1H3,(H,16,18)(H,19,20). The molecule has 1 aromatic rings. The molecule has 114 valence electrons. The van der Waals surface area contributed by atoms with Gasteiger partial charge in [-0.1, -0.05) is 6.92 Å². The molecule has 1 amide bonds. The molecular weight excluding hydrogens is 274 g/mol. The van der Waals surface area contributed by atoms with Gasteiger partial charge in [-0.2, -0.15) is 0 Å². The van der Waals surface area contributed by atoms with Gasteiger partial charge in [-0.3, -0.25) is 9.78 Å². The van der Waals surface area contributed by atoms with Crippen LogP contribution in [0.15, 0.2) is 18.5 Å². The average Bonchev–Trinajstić information content (AvgIpc) is 2.52. The third-order valence-electron chi connectivity index (χ3n) is 3.32. The average molecular weight is 293 g/mol. The first-order valence-corrected chi connectivity index (χ1v) is 6.94. The second-order valence-corrected chi connectivity index (χ2v) is 4.77. The quantitative estimate of drug-likeness (QED) is 0.822. The summed E-state index contributed by atoms with van der Waals surface area (Å²) < 4.78 is 5.36. The normalized spacial score (nSPS) is 18.3. The number of nitrogens with zero attached hydrogens (tertiary/aromatic N) is 2. The second-order valence-electron chi connectivity index (χ2n) is 4.77. The van der Waals surface area contributed by atoms with Crippen molar-refractivity contribution in [3.63, 3.8) is 0 Å². The zero-order valence-electron chi connectivity index (χ0n) is 11.9. The number of nitrogens with one attached hydrogen (secondary N) is 1. The van der Waals surface area contributed by atoms with Crippen LogP contribution in [0.25, 0.3) is 0 Å². The summed E-state index contributed by atoms with van der Waals surface area (Å²) in [5.41, 5.74) is 0.588. The number of pyridine rings is 1. The summed E-state index contributed by atoms with van der Waals surface area (Å²) >= 11 is 0. The number of aromatic nitrogens is 1. The zero-order chi connectivity index (χ0) is 15.2. The Morgan fingerprint density at radius 3 is 3.10 bits per heavy atom. The predicted octanol–water partition coefficient (Wildman–Crippen LogP) is 0.511. The number of anilines is 1. The summed E-state index contributed by atoms with van der Waals surface area (Å²) in [7, 11) is 0. The lowest BCUT2D eigenvalue weighted by Gasteiger charge is -2.36. The fraction of sp³-hybridized carbons (Fsp3) is 0.500. The Balaban J connectivity index is 2.26. The number of carbonyl (C=O) groups is 2. The molecule has 2 N–H and O–H groups in total. The summed E-state index contributed by atoms with van der Waals surface area (Å²) in [4.78, 5) is 29.3. The largest absolute Gasteiger partial charge is 0.478 e. The molecular formula is C14H19N3O4. The number of carboxylic acids is 1. The van der Waals surface area contributed by atoms with Gasteiger partial charge in [0.05, 0.1) is 30.7 Å². The van der Waals surface area contributed by atoms with Crippen molar-refractivity contribution >= 4 is 17.6 Å². The van der Waals surface area contributed by atoms with Gasteiger partial charge in [0.15, 0.2) is 0 Å². The topological polar surface area (TPSA) is 91.8 Å². The number of carboxylic acid groups (broad SMARTS) is 1. The van der Waals surface area contributed by atoms with Crippen LogP contribution in [0.4, 0.5) is 5.69 Å². The first-order chi connectivity index (χ1) is 10.1. The van der Waals surface area contributed by atoms with Crippen LogP contribution in [-0.4, -0.2) is 54.3 Å². The SMILES string of the molecule is CCCNC(=O)C1COCCN1c1cnccc1C(=O)O. The monoisotopic (exact) mass is 293 g/mol. The molecule has 21 heavy (non-hydrogen) atoms. The Morgan fingerprint density at radius 1 is 1.57 bits per heavy atom. The fourth-order valence-electron chi connectivity index (χ4n) is 2.27. The first-order valence-electron chi connectivity index (χ1n) is 6.94. The van der Waals surface area contributed by atoms with Crippen LogP contribution in [-0.2, 0) is 9.53 Å². The van der Waals surface area contributed by atoms with Crippen LogP contribution >= 0.6 is 0 Å². The van der Waals surface area contributed by atoms with E-state index in [0.717, 1.165) is 6.42 Å². The third kappa shape index (κ3) is 3.49. The van der Waals surface area contributed by atoms with Crippen LogP contribution in [0.5, 0.6) is 0 Å². The molecule has 0 spiro atoms. The molecule has 0 saturated carbocycles. The maximum absolute atomic E-state index is 12.2. The number of carbonyl (C=O) groups excluding carboxylic acids is 1.